The van der Waals surface area contributed by atoms with Crippen LogP contribution < -0.4 is 0 Å². The van der Waals surface area contributed by atoms with Crippen LogP contribution in [0.3, 0.4) is 0 Å². The Kier molecular flexibility index (Phi) is 5.46. The standard InChI is InChI=1S/C23H21ClN6O2/c1-2-3-11-19-25-22(24)18(13-31)30(19)20-12-14-7-6-10-16(21(14)32-20)15-8-4-5-9-17(15)23-26-28-29-27-23/h4-10,12,31H,2-3,11,13H2,1H3,(H,26,27,28,29). The largest absolute Gasteiger partial charge is 0.439 e. The number of aromatic amines is 1. The summed E-state index contributed by atoms with van der Waals surface area (Å²) in [5, 5.41) is 25.6. The Labute approximate surface area is 188 Å². The Morgan fingerprint density at radius 2 is 1.91 bits per heavy atom. The number of halogens is 1. The van der Waals surface area contributed by atoms with E-state index in [2.05, 4.69) is 32.5 Å². The van der Waals surface area contributed by atoms with E-state index in [1.807, 2.05) is 53.1 Å². The third-order valence-corrected chi connectivity index (χ3v) is 5.75. The fourth-order valence-electron chi connectivity index (χ4n) is 3.94. The van der Waals surface area contributed by atoms with Crippen molar-refractivity contribution in [1.29, 1.82) is 0 Å². The summed E-state index contributed by atoms with van der Waals surface area (Å²) < 4.78 is 8.20. The molecule has 2 aromatic carbocycles. The first-order chi connectivity index (χ1) is 15.7. The van der Waals surface area contributed by atoms with Crippen LogP contribution in [0.4, 0.5) is 0 Å². The highest BCUT2D eigenvalue weighted by Crippen LogP contribution is 2.37. The number of aliphatic hydroxyl groups excluding tert-OH is 1. The molecule has 0 unspecified atom stereocenters. The van der Waals surface area contributed by atoms with Gasteiger partial charge in [0.15, 0.2) is 5.15 Å². The Bertz CT molecular complexity index is 1370. The van der Waals surface area contributed by atoms with Gasteiger partial charge in [-0.2, -0.15) is 5.21 Å². The number of benzene rings is 2. The van der Waals surface area contributed by atoms with E-state index >= 15 is 0 Å². The molecular formula is C23H21ClN6O2. The minimum atomic E-state index is -0.234. The third-order valence-electron chi connectivity index (χ3n) is 5.45. The van der Waals surface area contributed by atoms with E-state index in [-0.39, 0.29) is 6.61 Å². The van der Waals surface area contributed by atoms with Crippen molar-refractivity contribution in [3.8, 4) is 28.4 Å². The molecule has 9 heteroatoms. The Balaban J connectivity index is 1.69. The summed E-state index contributed by atoms with van der Waals surface area (Å²) in [6.07, 6.45) is 2.72. The molecule has 0 radical (unpaired) electrons. The summed E-state index contributed by atoms with van der Waals surface area (Å²) in [4.78, 5) is 4.48. The number of aryl methyl sites for hydroxylation is 1. The molecule has 32 heavy (non-hydrogen) atoms. The molecule has 0 saturated heterocycles. The summed E-state index contributed by atoms with van der Waals surface area (Å²) in [6, 6.07) is 15.8. The zero-order valence-electron chi connectivity index (χ0n) is 17.4. The lowest BCUT2D eigenvalue weighted by Crippen LogP contribution is -2.04. The van der Waals surface area contributed by atoms with Gasteiger partial charge >= 0.3 is 0 Å². The zero-order chi connectivity index (χ0) is 22.1. The molecule has 162 valence electrons. The van der Waals surface area contributed by atoms with E-state index in [1.165, 1.54) is 0 Å². The van der Waals surface area contributed by atoms with Gasteiger partial charge in [-0.3, -0.25) is 4.57 Å². The number of rotatable bonds is 7. The zero-order valence-corrected chi connectivity index (χ0v) is 18.2. The monoisotopic (exact) mass is 448 g/mol. The lowest BCUT2D eigenvalue weighted by molar-refractivity contribution is 0.273. The maximum absolute atomic E-state index is 9.94. The first kappa shape index (κ1) is 20.4. The van der Waals surface area contributed by atoms with Crippen LogP contribution >= 0.6 is 11.6 Å². The molecule has 0 fully saturated rings. The van der Waals surface area contributed by atoms with Crippen LogP contribution in [0.1, 0.15) is 31.3 Å². The van der Waals surface area contributed by atoms with Crippen LogP contribution in [0, 0.1) is 0 Å². The molecular weight excluding hydrogens is 428 g/mol. The van der Waals surface area contributed by atoms with E-state index in [0.717, 1.165) is 47.2 Å². The molecule has 0 saturated carbocycles. The Morgan fingerprint density at radius 1 is 1.09 bits per heavy atom. The molecule has 3 aromatic heterocycles. The number of imidazole rings is 1. The fraction of sp³-hybridized carbons (Fsp3) is 0.217. The molecule has 0 spiro atoms. The van der Waals surface area contributed by atoms with Crippen LogP contribution in [0.15, 0.2) is 52.9 Å². The molecule has 3 heterocycles. The van der Waals surface area contributed by atoms with Gasteiger partial charge in [0.05, 0.1) is 12.3 Å². The molecule has 5 aromatic rings. The second-order valence-corrected chi connectivity index (χ2v) is 7.81. The molecule has 5 rings (SSSR count). The lowest BCUT2D eigenvalue weighted by Gasteiger charge is -2.08. The van der Waals surface area contributed by atoms with Gasteiger partial charge in [-0.1, -0.05) is 67.4 Å². The average Bonchev–Trinajstić information content (AvgIpc) is 3.55. The number of unbranched alkanes of at least 4 members (excludes halogenated alkanes) is 1. The van der Waals surface area contributed by atoms with Gasteiger partial charge in [0.2, 0.25) is 11.7 Å². The van der Waals surface area contributed by atoms with Crippen LogP contribution in [0.5, 0.6) is 0 Å². The quantitative estimate of drug-likeness (QED) is 0.364. The van der Waals surface area contributed by atoms with Crippen molar-refractivity contribution in [3.05, 3.63) is 65.2 Å². The van der Waals surface area contributed by atoms with Crippen molar-refractivity contribution in [2.24, 2.45) is 0 Å². The number of furan rings is 1. The summed E-state index contributed by atoms with van der Waals surface area (Å²) in [5.74, 6) is 1.85. The van der Waals surface area contributed by atoms with Gasteiger partial charge in [-0.15, -0.1) is 10.2 Å². The minimum Gasteiger partial charge on any atom is -0.439 e. The first-order valence-electron chi connectivity index (χ1n) is 10.4. The van der Waals surface area contributed by atoms with Crippen molar-refractivity contribution in [1.82, 2.24) is 30.2 Å². The predicted molar refractivity (Wildman–Crippen MR) is 121 cm³/mol. The molecule has 0 amide bonds. The average molecular weight is 449 g/mol. The van der Waals surface area contributed by atoms with Crippen LogP contribution in [-0.2, 0) is 13.0 Å². The predicted octanol–water partition coefficient (Wildman–Crippen LogP) is 4.95. The molecule has 0 aliphatic rings. The molecule has 0 aliphatic carbocycles. The highest BCUT2D eigenvalue weighted by molar-refractivity contribution is 6.30. The van der Waals surface area contributed by atoms with E-state index in [0.29, 0.717) is 28.1 Å². The van der Waals surface area contributed by atoms with Gasteiger partial charge < -0.3 is 9.52 Å². The van der Waals surface area contributed by atoms with Crippen molar-refractivity contribution in [2.45, 2.75) is 32.8 Å². The van der Waals surface area contributed by atoms with Crippen molar-refractivity contribution < 1.29 is 9.52 Å². The normalized spacial score (nSPS) is 11.5. The van der Waals surface area contributed by atoms with Crippen molar-refractivity contribution >= 4 is 22.6 Å². The number of para-hydroxylation sites is 1. The minimum absolute atomic E-state index is 0.234. The smallest absolute Gasteiger partial charge is 0.206 e. The Hall–Kier alpha value is -3.49. The van der Waals surface area contributed by atoms with E-state index in [4.69, 9.17) is 16.0 Å². The van der Waals surface area contributed by atoms with E-state index in [1.54, 1.807) is 0 Å². The number of tetrazole rings is 1. The number of hydrogen-bond donors (Lipinski definition) is 2. The van der Waals surface area contributed by atoms with Crippen LogP contribution in [-0.4, -0.2) is 35.3 Å². The van der Waals surface area contributed by atoms with Crippen molar-refractivity contribution in [3.63, 3.8) is 0 Å². The number of fused-ring (bicyclic) bond motifs is 1. The fourth-order valence-corrected chi connectivity index (χ4v) is 4.18. The SMILES string of the molecule is CCCCc1nc(Cl)c(CO)n1-c1cc2cccc(-c3ccccc3-c3nn[nH]n3)c2o1. The van der Waals surface area contributed by atoms with Gasteiger partial charge in [0.1, 0.15) is 11.4 Å². The van der Waals surface area contributed by atoms with Crippen LogP contribution in [0.2, 0.25) is 5.15 Å². The van der Waals surface area contributed by atoms with Crippen LogP contribution in [0.25, 0.3) is 39.4 Å². The summed E-state index contributed by atoms with van der Waals surface area (Å²) >= 11 is 6.33. The maximum Gasteiger partial charge on any atom is 0.206 e. The number of hydrogen-bond acceptors (Lipinski definition) is 6. The molecule has 0 bridgehead atoms. The highest BCUT2D eigenvalue weighted by Gasteiger charge is 2.21. The number of aliphatic hydroxyl groups is 1. The second-order valence-electron chi connectivity index (χ2n) is 7.45. The lowest BCUT2D eigenvalue weighted by atomic mass is 9.98. The number of nitrogens with one attached hydrogen (secondary N) is 1. The molecule has 0 atom stereocenters. The van der Waals surface area contributed by atoms with Gasteiger partial charge in [0.25, 0.3) is 0 Å². The highest BCUT2D eigenvalue weighted by atomic mass is 35.5. The van der Waals surface area contributed by atoms with Gasteiger partial charge in [-0.25, -0.2) is 4.98 Å². The second kappa shape index (κ2) is 8.57. The molecule has 0 aliphatic heterocycles. The van der Waals surface area contributed by atoms with Crippen molar-refractivity contribution in [2.75, 3.05) is 0 Å². The first-order valence-corrected chi connectivity index (χ1v) is 10.8. The van der Waals surface area contributed by atoms with Gasteiger partial charge in [0, 0.05) is 29.0 Å². The van der Waals surface area contributed by atoms with E-state index < -0.39 is 0 Å². The Morgan fingerprint density at radius 3 is 2.66 bits per heavy atom. The summed E-state index contributed by atoms with van der Waals surface area (Å²) in [5.41, 5.74) is 3.91. The topological polar surface area (TPSA) is 106 Å². The third kappa shape index (κ3) is 3.47. The summed E-state index contributed by atoms with van der Waals surface area (Å²) in [7, 11) is 0. The van der Waals surface area contributed by atoms with Gasteiger partial charge in [-0.05, 0) is 17.2 Å². The molecule has 8 nitrogen and oxygen atoms in total. The van der Waals surface area contributed by atoms with E-state index in [9.17, 15) is 5.11 Å². The number of nitrogens with zero attached hydrogens (tertiary/aromatic N) is 5. The summed E-state index contributed by atoms with van der Waals surface area (Å²) in [6.45, 7) is 1.89. The molecule has 2 N–H and O–H groups in total. The maximum atomic E-state index is 9.94. The number of aromatic nitrogens is 6. The number of H-pyrrole nitrogens is 1.